The van der Waals surface area contributed by atoms with E-state index in [1.54, 1.807) is 6.07 Å². The van der Waals surface area contributed by atoms with Gasteiger partial charge in [-0.3, -0.25) is 4.79 Å². The number of carbonyl (C=O) groups excluding carboxylic acids is 1. The zero-order chi connectivity index (χ0) is 14.5. The fraction of sp³-hybridized carbons (Fsp3) is 0.500. The smallest absolute Gasteiger partial charge is 0.253 e. The van der Waals surface area contributed by atoms with Gasteiger partial charge in [0.1, 0.15) is 5.75 Å². The lowest BCUT2D eigenvalue weighted by molar-refractivity contribution is 0.0762. The maximum absolute atomic E-state index is 12.4. The molecule has 0 radical (unpaired) electrons. The number of phenolic OH excluding ortho intramolecular Hbond substituents is 1. The molecule has 6 heteroatoms. The molecule has 2 rings (SSSR count). The number of amides is 1. The van der Waals surface area contributed by atoms with Gasteiger partial charge in [0, 0.05) is 37.6 Å². The molecule has 110 valence electrons. The number of benzene rings is 1. The molecular weight excluding hydrogens is 299 g/mol. The third-order valence-electron chi connectivity index (χ3n) is 3.47. The first-order valence-corrected chi connectivity index (χ1v) is 7.59. The molecule has 1 saturated heterocycles. The van der Waals surface area contributed by atoms with E-state index >= 15 is 0 Å². The Hall–Kier alpha value is -0.970. The standard InChI is InChI=1S/C14H18Cl2N2O2/c15-4-7-17-5-1-6-18(9-8-17)14(20)11-2-3-13(19)12(16)10-11/h2-3,10,19H,1,4-9H2. The maximum Gasteiger partial charge on any atom is 0.253 e. The maximum atomic E-state index is 12.4. The summed E-state index contributed by atoms with van der Waals surface area (Å²) >= 11 is 11.6. The fourth-order valence-electron chi connectivity index (χ4n) is 2.34. The van der Waals surface area contributed by atoms with Gasteiger partial charge in [-0.25, -0.2) is 0 Å². The van der Waals surface area contributed by atoms with Crippen molar-refractivity contribution in [1.82, 2.24) is 9.80 Å². The summed E-state index contributed by atoms with van der Waals surface area (Å²) in [4.78, 5) is 16.5. The third kappa shape index (κ3) is 3.78. The zero-order valence-corrected chi connectivity index (χ0v) is 12.7. The van der Waals surface area contributed by atoms with Crippen LogP contribution in [0.15, 0.2) is 18.2 Å². The Kier molecular flexibility index (Phi) is 5.52. The van der Waals surface area contributed by atoms with Crippen molar-refractivity contribution in [3.05, 3.63) is 28.8 Å². The summed E-state index contributed by atoms with van der Waals surface area (Å²) in [6.07, 6.45) is 0.939. The summed E-state index contributed by atoms with van der Waals surface area (Å²) in [7, 11) is 0. The molecule has 1 aliphatic heterocycles. The van der Waals surface area contributed by atoms with E-state index in [1.165, 1.54) is 12.1 Å². The molecule has 1 aromatic carbocycles. The largest absolute Gasteiger partial charge is 0.506 e. The molecule has 1 aromatic rings. The van der Waals surface area contributed by atoms with E-state index < -0.39 is 0 Å². The molecule has 0 unspecified atom stereocenters. The van der Waals surface area contributed by atoms with Crippen molar-refractivity contribution in [2.45, 2.75) is 6.42 Å². The van der Waals surface area contributed by atoms with Crippen molar-refractivity contribution >= 4 is 29.1 Å². The molecular formula is C14H18Cl2N2O2. The number of hydrogen-bond acceptors (Lipinski definition) is 3. The first kappa shape index (κ1) is 15.4. The minimum Gasteiger partial charge on any atom is -0.506 e. The van der Waals surface area contributed by atoms with Crippen LogP contribution >= 0.6 is 23.2 Å². The highest BCUT2D eigenvalue weighted by Gasteiger charge is 2.20. The van der Waals surface area contributed by atoms with Gasteiger partial charge in [-0.2, -0.15) is 0 Å². The monoisotopic (exact) mass is 316 g/mol. The molecule has 20 heavy (non-hydrogen) atoms. The predicted molar refractivity (Wildman–Crippen MR) is 80.8 cm³/mol. The van der Waals surface area contributed by atoms with Crippen LogP contribution in [0.1, 0.15) is 16.8 Å². The number of hydrogen-bond donors (Lipinski definition) is 1. The molecule has 1 amide bonds. The van der Waals surface area contributed by atoms with Gasteiger partial charge in [0.2, 0.25) is 0 Å². The van der Waals surface area contributed by atoms with E-state index in [9.17, 15) is 9.90 Å². The van der Waals surface area contributed by atoms with Crippen LogP contribution < -0.4 is 0 Å². The highest BCUT2D eigenvalue weighted by molar-refractivity contribution is 6.32. The van der Waals surface area contributed by atoms with E-state index in [1.807, 2.05) is 4.90 Å². The molecule has 1 fully saturated rings. The summed E-state index contributed by atoms with van der Waals surface area (Å²) in [5, 5.41) is 9.60. The molecule has 0 aromatic heterocycles. The summed E-state index contributed by atoms with van der Waals surface area (Å²) in [5.74, 6) is 0.564. The number of alkyl halides is 1. The first-order chi connectivity index (χ1) is 9.61. The second kappa shape index (κ2) is 7.16. The third-order valence-corrected chi connectivity index (χ3v) is 3.94. The van der Waals surface area contributed by atoms with Gasteiger partial charge in [-0.05, 0) is 31.2 Å². The van der Waals surface area contributed by atoms with Crippen molar-refractivity contribution in [2.75, 3.05) is 38.6 Å². The Morgan fingerprint density at radius 2 is 2.05 bits per heavy atom. The van der Waals surface area contributed by atoms with E-state index in [2.05, 4.69) is 4.90 Å². The van der Waals surface area contributed by atoms with E-state index in [-0.39, 0.29) is 16.7 Å². The Labute approximate surface area is 128 Å². The molecule has 0 saturated carbocycles. The summed E-state index contributed by atoms with van der Waals surface area (Å²) in [6, 6.07) is 4.57. The minimum atomic E-state index is -0.0420. The quantitative estimate of drug-likeness (QED) is 0.871. The van der Waals surface area contributed by atoms with Crippen LogP contribution in [0.4, 0.5) is 0 Å². The topological polar surface area (TPSA) is 43.8 Å². The Balaban J connectivity index is 2.03. The van der Waals surface area contributed by atoms with Crippen LogP contribution in [-0.4, -0.2) is 59.4 Å². The zero-order valence-electron chi connectivity index (χ0n) is 11.2. The highest BCUT2D eigenvalue weighted by Crippen LogP contribution is 2.24. The average molecular weight is 317 g/mol. The second-order valence-corrected chi connectivity index (χ2v) is 5.63. The molecule has 0 spiro atoms. The normalized spacial score (nSPS) is 17.0. The molecule has 0 aliphatic carbocycles. The minimum absolute atomic E-state index is 0.00706. The molecule has 4 nitrogen and oxygen atoms in total. The number of aromatic hydroxyl groups is 1. The lowest BCUT2D eigenvalue weighted by Gasteiger charge is -2.21. The lowest BCUT2D eigenvalue weighted by atomic mass is 10.2. The summed E-state index contributed by atoms with van der Waals surface area (Å²) in [6.45, 7) is 4.08. The predicted octanol–water partition coefficient (Wildman–Crippen LogP) is 2.43. The molecule has 1 heterocycles. The molecule has 1 N–H and O–H groups in total. The number of rotatable bonds is 3. The van der Waals surface area contributed by atoms with Crippen molar-refractivity contribution in [3.8, 4) is 5.75 Å². The number of carbonyl (C=O) groups is 1. The number of nitrogens with zero attached hydrogens (tertiary/aromatic N) is 2. The van der Waals surface area contributed by atoms with Crippen LogP contribution in [0.2, 0.25) is 5.02 Å². The van der Waals surface area contributed by atoms with Crippen molar-refractivity contribution in [2.24, 2.45) is 0 Å². The Bertz CT molecular complexity index is 482. The van der Waals surface area contributed by atoms with Gasteiger partial charge in [-0.15, -0.1) is 11.6 Å². The lowest BCUT2D eigenvalue weighted by Crippen LogP contribution is -2.35. The summed E-state index contributed by atoms with van der Waals surface area (Å²) < 4.78 is 0. The SMILES string of the molecule is O=C(c1ccc(O)c(Cl)c1)N1CCCN(CCCl)CC1. The van der Waals surface area contributed by atoms with Gasteiger partial charge in [0.25, 0.3) is 5.91 Å². The molecule has 1 aliphatic rings. The molecule has 0 bridgehead atoms. The van der Waals surface area contributed by atoms with Crippen LogP contribution in [-0.2, 0) is 0 Å². The van der Waals surface area contributed by atoms with E-state index in [4.69, 9.17) is 23.2 Å². The second-order valence-electron chi connectivity index (χ2n) is 4.84. The Morgan fingerprint density at radius 1 is 1.25 bits per heavy atom. The Morgan fingerprint density at radius 3 is 2.75 bits per heavy atom. The van der Waals surface area contributed by atoms with Crippen molar-refractivity contribution < 1.29 is 9.90 Å². The van der Waals surface area contributed by atoms with Crippen LogP contribution in [0.3, 0.4) is 0 Å². The average Bonchev–Trinajstić information content (AvgIpc) is 2.67. The van der Waals surface area contributed by atoms with Gasteiger partial charge < -0.3 is 14.9 Å². The van der Waals surface area contributed by atoms with Crippen LogP contribution in [0.25, 0.3) is 0 Å². The van der Waals surface area contributed by atoms with Crippen molar-refractivity contribution in [1.29, 1.82) is 0 Å². The highest BCUT2D eigenvalue weighted by atomic mass is 35.5. The van der Waals surface area contributed by atoms with Gasteiger partial charge in [0.15, 0.2) is 0 Å². The van der Waals surface area contributed by atoms with Crippen molar-refractivity contribution in [3.63, 3.8) is 0 Å². The first-order valence-electron chi connectivity index (χ1n) is 6.68. The van der Waals surface area contributed by atoms with Gasteiger partial charge >= 0.3 is 0 Å². The molecule has 0 atom stereocenters. The van der Waals surface area contributed by atoms with E-state index in [0.717, 1.165) is 32.6 Å². The van der Waals surface area contributed by atoms with Crippen LogP contribution in [0, 0.1) is 0 Å². The van der Waals surface area contributed by atoms with Gasteiger partial charge in [-0.1, -0.05) is 11.6 Å². The number of halogens is 2. The van der Waals surface area contributed by atoms with E-state index in [0.29, 0.717) is 18.0 Å². The summed E-state index contributed by atoms with van der Waals surface area (Å²) in [5.41, 5.74) is 0.513. The fourth-order valence-corrected chi connectivity index (χ4v) is 2.76. The van der Waals surface area contributed by atoms with Gasteiger partial charge in [0.05, 0.1) is 5.02 Å². The van der Waals surface area contributed by atoms with Crippen LogP contribution in [0.5, 0.6) is 5.75 Å². The number of phenols is 1.